The van der Waals surface area contributed by atoms with Crippen molar-refractivity contribution in [2.45, 2.75) is 0 Å². The van der Waals surface area contributed by atoms with Crippen LogP contribution in [0.15, 0.2) is 46.3 Å². The zero-order valence-corrected chi connectivity index (χ0v) is 15.4. The SMILES string of the molecule is CN1C(=O)/C(=C/c2ccc3c(c2)OCO3)SC1=Nc1ccc(C(=O)O)c(O)c1. The molecule has 1 fully saturated rings. The second kappa shape index (κ2) is 6.93. The molecule has 9 heteroatoms. The molecule has 0 spiro atoms. The van der Waals surface area contributed by atoms with Crippen LogP contribution in [0.25, 0.3) is 6.08 Å². The van der Waals surface area contributed by atoms with Crippen molar-refractivity contribution < 1.29 is 29.3 Å². The number of amidine groups is 1. The Morgan fingerprint density at radius 2 is 2.00 bits per heavy atom. The van der Waals surface area contributed by atoms with Crippen molar-refractivity contribution in [1.29, 1.82) is 0 Å². The van der Waals surface area contributed by atoms with E-state index in [9.17, 15) is 14.7 Å². The van der Waals surface area contributed by atoms with Crippen LogP contribution in [0.5, 0.6) is 17.2 Å². The number of benzene rings is 2. The van der Waals surface area contributed by atoms with Crippen molar-refractivity contribution in [1.82, 2.24) is 4.90 Å². The number of carboxylic acids is 1. The van der Waals surface area contributed by atoms with Crippen LogP contribution < -0.4 is 9.47 Å². The number of phenols is 1. The van der Waals surface area contributed by atoms with Gasteiger partial charge < -0.3 is 19.7 Å². The average molecular weight is 398 g/mol. The number of rotatable bonds is 3. The summed E-state index contributed by atoms with van der Waals surface area (Å²) in [6, 6.07) is 9.38. The molecular weight excluding hydrogens is 384 g/mol. The molecule has 4 rings (SSSR count). The summed E-state index contributed by atoms with van der Waals surface area (Å²) in [4.78, 5) is 29.7. The summed E-state index contributed by atoms with van der Waals surface area (Å²) < 4.78 is 10.6. The Morgan fingerprint density at radius 3 is 2.75 bits per heavy atom. The van der Waals surface area contributed by atoms with Crippen LogP contribution in [0, 0.1) is 0 Å². The molecular formula is C19H14N2O6S. The highest BCUT2D eigenvalue weighted by Crippen LogP contribution is 2.37. The number of carbonyl (C=O) groups excluding carboxylic acids is 1. The van der Waals surface area contributed by atoms with Gasteiger partial charge in [0.1, 0.15) is 11.3 Å². The quantitative estimate of drug-likeness (QED) is 0.765. The fraction of sp³-hybridized carbons (Fsp3) is 0.105. The van der Waals surface area contributed by atoms with Gasteiger partial charge in [0, 0.05) is 13.1 Å². The zero-order chi connectivity index (χ0) is 19.8. The second-order valence-corrected chi connectivity index (χ2v) is 7.00. The number of hydrogen-bond donors (Lipinski definition) is 2. The lowest BCUT2D eigenvalue weighted by molar-refractivity contribution is -0.121. The topological polar surface area (TPSA) is 109 Å². The van der Waals surface area contributed by atoms with Crippen LogP contribution in [-0.4, -0.2) is 46.0 Å². The molecule has 2 aliphatic rings. The number of fused-ring (bicyclic) bond motifs is 1. The van der Waals surface area contributed by atoms with Gasteiger partial charge in [0.15, 0.2) is 16.7 Å². The van der Waals surface area contributed by atoms with Gasteiger partial charge in [-0.3, -0.25) is 9.69 Å². The lowest BCUT2D eigenvalue weighted by atomic mass is 10.2. The number of amides is 1. The molecule has 0 bridgehead atoms. The molecule has 1 amide bonds. The molecule has 2 aromatic rings. The fourth-order valence-electron chi connectivity index (χ4n) is 2.69. The predicted octanol–water partition coefficient (Wildman–Crippen LogP) is 3.05. The first-order chi connectivity index (χ1) is 13.4. The summed E-state index contributed by atoms with van der Waals surface area (Å²) in [6.07, 6.45) is 1.74. The molecule has 0 atom stereocenters. The average Bonchev–Trinajstić information content (AvgIpc) is 3.22. The first kappa shape index (κ1) is 17.9. The molecule has 0 aromatic heterocycles. The Bertz CT molecular complexity index is 1060. The van der Waals surface area contributed by atoms with E-state index < -0.39 is 5.97 Å². The summed E-state index contributed by atoms with van der Waals surface area (Å²) in [5.41, 5.74) is 0.919. The maximum Gasteiger partial charge on any atom is 0.339 e. The minimum Gasteiger partial charge on any atom is -0.507 e. The molecule has 0 aliphatic carbocycles. The Morgan fingerprint density at radius 1 is 1.21 bits per heavy atom. The van der Waals surface area contributed by atoms with Crippen LogP contribution in [0.3, 0.4) is 0 Å². The van der Waals surface area contributed by atoms with E-state index in [0.29, 0.717) is 27.3 Å². The third kappa shape index (κ3) is 3.27. The standard InChI is InChI=1S/C19H14N2O6S/c1-21-17(23)16(7-10-2-5-14-15(6-10)27-9-26-14)28-19(21)20-11-3-4-12(18(24)25)13(22)8-11/h2-8,22H,9H2,1H3,(H,24,25)/b16-7-,20-19?. The van der Waals surface area contributed by atoms with Gasteiger partial charge in [0.25, 0.3) is 5.91 Å². The lowest BCUT2D eigenvalue weighted by Gasteiger charge is -2.07. The van der Waals surface area contributed by atoms with Crippen LogP contribution in [0.4, 0.5) is 5.69 Å². The van der Waals surface area contributed by atoms with Crippen LogP contribution in [-0.2, 0) is 4.79 Å². The molecule has 0 saturated carbocycles. The number of carboxylic acid groups (broad SMARTS) is 1. The maximum atomic E-state index is 12.5. The molecule has 1 saturated heterocycles. The number of aliphatic imine (C=N–C) groups is 1. The molecule has 2 aromatic carbocycles. The molecule has 0 radical (unpaired) electrons. The molecule has 2 N–H and O–H groups in total. The largest absolute Gasteiger partial charge is 0.507 e. The van der Waals surface area contributed by atoms with Crippen LogP contribution in [0.1, 0.15) is 15.9 Å². The summed E-state index contributed by atoms with van der Waals surface area (Å²) >= 11 is 1.18. The van der Waals surface area contributed by atoms with E-state index in [4.69, 9.17) is 14.6 Å². The minimum absolute atomic E-state index is 0.177. The minimum atomic E-state index is -1.23. The normalized spacial score (nSPS) is 18.3. The first-order valence-corrected chi connectivity index (χ1v) is 8.96. The number of thioether (sulfide) groups is 1. The summed E-state index contributed by atoms with van der Waals surface area (Å²) in [7, 11) is 1.60. The molecule has 0 unspecified atom stereocenters. The number of aromatic carboxylic acids is 1. The van der Waals surface area contributed by atoms with Crippen molar-refractivity contribution in [2.75, 3.05) is 13.8 Å². The van der Waals surface area contributed by atoms with E-state index in [1.54, 1.807) is 25.3 Å². The van der Waals surface area contributed by atoms with Crippen molar-refractivity contribution in [3.63, 3.8) is 0 Å². The summed E-state index contributed by atoms with van der Waals surface area (Å²) in [5.74, 6) is -0.541. The molecule has 2 heterocycles. The zero-order valence-electron chi connectivity index (χ0n) is 14.6. The number of likely N-dealkylation sites (N-methyl/N-ethyl adjacent to an activating group) is 1. The highest BCUT2D eigenvalue weighted by atomic mass is 32.2. The van der Waals surface area contributed by atoms with Crippen molar-refractivity contribution in [3.05, 3.63) is 52.4 Å². The number of hydrogen-bond acceptors (Lipinski definition) is 7. The Hall–Kier alpha value is -3.46. The van der Waals surface area contributed by atoms with E-state index in [2.05, 4.69) is 4.99 Å². The van der Waals surface area contributed by atoms with Crippen molar-refractivity contribution in [2.24, 2.45) is 4.99 Å². The van der Waals surface area contributed by atoms with E-state index in [1.807, 2.05) is 6.07 Å². The van der Waals surface area contributed by atoms with Gasteiger partial charge in [-0.15, -0.1) is 0 Å². The molecule has 2 aliphatic heterocycles. The first-order valence-electron chi connectivity index (χ1n) is 8.14. The summed E-state index contributed by atoms with van der Waals surface area (Å²) in [5, 5.41) is 19.2. The van der Waals surface area contributed by atoms with Gasteiger partial charge in [0.05, 0.1) is 10.6 Å². The fourth-order valence-corrected chi connectivity index (χ4v) is 3.67. The summed E-state index contributed by atoms with van der Waals surface area (Å²) in [6.45, 7) is 0.177. The monoisotopic (exact) mass is 398 g/mol. The number of carbonyl (C=O) groups is 2. The third-order valence-corrected chi connectivity index (χ3v) is 5.19. The van der Waals surface area contributed by atoms with Crippen molar-refractivity contribution in [3.8, 4) is 17.2 Å². The Kier molecular flexibility index (Phi) is 4.44. The number of aromatic hydroxyl groups is 1. The van der Waals surface area contributed by atoms with E-state index in [1.165, 1.54) is 34.9 Å². The van der Waals surface area contributed by atoms with Crippen LogP contribution in [0.2, 0.25) is 0 Å². The second-order valence-electron chi connectivity index (χ2n) is 5.99. The van der Waals surface area contributed by atoms with Crippen molar-refractivity contribution >= 4 is 40.6 Å². The molecule has 28 heavy (non-hydrogen) atoms. The Balaban J connectivity index is 1.61. The molecule has 8 nitrogen and oxygen atoms in total. The third-order valence-electron chi connectivity index (χ3n) is 4.13. The highest BCUT2D eigenvalue weighted by Gasteiger charge is 2.30. The van der Waals surface area contributed by atoms with Gasteiger partial charge >= 0.3 is 5.97 Å². The Labute approximate surface area is 163 Å². The molecule has 142 valence electrons. The van der Waals surface area contributed by atoms with E-state index in [0.717, 1.165) is 5.56 Å². The van der Waals surface area contributed by atoms with Gasteiger partial charge in [0.2, 0.25) is 6.79 Å². The number of nitrogens with zero attached hydrogens (tertiary/aromatic N) is 2. The van der Waals surface area contributed by atoms with Gasteiger partial charge in [-0.05, 0) is 47.7 Å². The van der Waals surface area contributed by atoms with Gasteiger partial charge in [-0.2, -0.15) is 0 Å². The maximum absolute atomic E-state index is 12.5. The highest BCUT2D eigenvalue weighted by molar-refractivity contribution is 8.18. The lowest BCUT2D eigenvalue weighted by Crippen LogP contribution is -2.23. The number of ether oxygens (including phenoxy) is 2. The van der Waals surface area contributed by atoms with Gasteiger partial charge in [-0.25, -0.2) is 9.79 Å². The van der Waals surface area contributed by atoms with Crippen LogP contribution >= 0.6 is 11.8 Å². The smallest absolute Gasteiger partial charge is 0.339 e. The van der Waals surface area contributed by atoms with E-state index >= 15 is 0 Å². The van der Waals surface area contributed by atoms with E-state index in [-0.39, 0.29) is 24.0 Å². The predicted molar refractivity (Wildman–Crippen MR) is 103 cm³/mol. The van der Waals surface area contributed by atoms with Gasteiger partial charge in [-0.1, -0.05) is 6.07 Å².